The lowest BCUT2D eigenvalue weighted by atomic mass is 9.57. The zero-order valence-electron chi connectivity index (χ0n) is 21.5. The molecule has 5 rings (SSSR count). The van der Waals surface area contributed by atoms with Crippen LogP contribution in [0.5, 0.6) is 0 Å². The van der Waals surface area contributed by atoms with Crippen molar-refractivity contribution < 1.29 is 23.8 Å². The third kappa shape index (κ3) is 4.40. The van der Waals surface area contributed by atoms with E-state index < -0.39 is 5.82 Å². The van der Waals surface area contributed by atoms with Crippen LogP contribution in [0, 0.1) is 34.9 Å². The van der Waals surface area contributed by atoms with E-state index in [4.69, 9.17) is 4.74 Å². The Morgan fingerprint density at radius 3 is 2.58 bits per heavy atom. The maximum absolute atomic E-state index is 14.1. The van der Waals surface area contributed by atoms with Gasteiger partial charge in [-0.2, -0.15) is 0 Å². The van der Waals surface area contributed by atoms with Gasteiger partial charge in [0.05, 0.1) is 24.4 Å². The van der Waals surface area contributed by atoms with Gasteiger partial charge in [-0.25, -0.2) is 9.18 Å². The number of hydrogen-bond donors (Lipinski definition) is 2. The van der Waals surface area contributed by atoms with E-state index in [1.807, 2.05) is 11.8 Å². The van der Waals surface area contributed by atoms with Crippen LogP contribution in [0.15, 0.2) is 24.3 Å². The largest absolute Gasteiger partial charge is 0.394 e. The van der Waals surface area contributed by atoms with Crippen molar-refractivity contribution >= 4 is 17.6 Å². The molecule has 2 aliphatic carbocycles. The van der Waals surface area contributed by atoms with Crippen LogP contribution in [0.1, 0.15) is 51.9 Å². The van der Waals surface area contributed by atoms with E-state index >= 15 is 0 Å². The highest BCUT2D eigenvalue weighted by molar-refractivity contribution is 5.89. The normalized spacial score (nSPS) is 33.2. The topological polar surface area (TPSA) is 82.1 Å². The standard InChI is InChI=1S/C28H40FN3O4/c1-3-25(34)32-17-28(10-12-31(13-11-28)27(35)30-23-7-5-4-6-22(23)29)26-20-9-8-19(36-2)14-18(20)15-21(26)24(32)16-33/h4-7,18-21,24,26,33H,3,8-17H2,1-2H3,(H,30,35)/t18?,19?,20?,21?,24-,26?/m1/s1. The molecule has 2 N–H and O–H groups in total. The number of carbonyl (C=O) groups is 2. The second kappa shape index (κ2) is 10.3. The zero-order valence-corrected chi connectivity index (χ0v) is 21.5. The first-order valence-corrected chi connectivity index (χ1v) is 13.6. The van der Waals surface area contributed by atoms with Crippen LogP contribution < -0.4 is 5.32 Å². The molecule has 5 unspecified atom stereocenters. The van der Waals surface area contributed by atoms with Crippen LogP contribution in [0.4, 0.5) is 14.9 Å². The van der Waals surface area contributed by atoms with Crippen LogP contribution in [0.2, 0.25) is 0 Å². The van der Waals surface area contributed by atoms with Gasteiger partial charge in [-0.3, -0.25) is 4.79 Å². The van der Waals surface area contributed by atoms with Gasteiger partial charge in [0.2, 0.25) is 5.91 Å². The van der Waals surface area contributed by atoms with Crippen molar-refractivity contribution in [2.75, 3.05) is 38.7 Å². The third-order valence-corrected chi connectivity index (χ3v) is 9.88. The molecule has 2 saturated heterocycles. The maximum atomic E-state index is 14.1. The molecule has 0 bridgehead atoms. The summed E-state index contributed by atoms with van der Waals surface area (Å²) < 4.78 is 19.8. The van der Waals surface area contributed by atoms with E-state index in [9.17, 15) is 19.1 Å². The van der Waals surface area contributed by atoms with Crippen molar-refractivity contribution in [2.45, 2.75) is 64.0 Å². The predicted molar refractivity (Wildman–Crippen MR) is 135 cm³/mol. The van der Waals surface area contributed by atoms with Crippen molar-refractivity contribution in [2.24, 2.45) is 29.1 Å². The minimum Gasteiger partial charge on any atom is -0.394 e. The third-order valence-electron chi connectivity index (χ3n) is 9.88. The van der Waals surface area contributed by atoms with Crippen molar-refractivity contribution in [3.63, 3.8) is 0 Å². The predicted octanol–water partition coefficient (Wildman–Crippen LogP) is 4.12. The maximum Gasteiger partial charge on any atom is 0.321 e. The number of carbonyl (C=O) groups excluding carboxylic acids is 2. The second-order valence-electron chi connectivity index (χ2n) is 11.4. The van der Waals surface area contributed by atoms with E-state index in [2.05, 4.69) is 5.32 Å². The summed E-state index contributed by atoms with van der Waals surface area (Å²) in [6.07, 6.45) is 6.66. The molecule has 1 aromatic rings. The Labute approximate surface area is 213 Å². The Morgan fingerprint density at radius 1 is 1.17 bits per heavy atom. The monoisotopic (exact) mass is 501 g/mol. The van der Waals surface area contributed by atoms with Gasteiger partial charge in [0.25, 0.3) is 0 Å². The number of rotatable bonds is 4. The van der Waals surface area contributed by atoms with Gasteiger partial charge in [0.15, 0.2) is 0 Å². The average molecular weight is 502 g/mol. The molecule has 3 amide bonds. The number of benzene rings is 1. The van der Waals surface area contributed by atoms with Gasteiger partial charge in [0, 0.05) is 33.2 Å². The van der Waals surface area contributed by atoms with Gasteiger partial charge in [-0.05, 0) is 79.7 Å². The molecule has 1 spiro atoms. The highest BCUT2D eigenvalue weighted by Gasteiger charge is 2.61. The highest BCUT2D eigenvalue weighted by Crippen LogP contribution is 2.62. The zero-order chi connectivity index (χ0) is 25.4. The fourth-order valence-electron chi connectivity index (χ4n) is 8.23. The number of piperidine rings is 2. The molecule has 0 aromatic heterocycles. The first-order valence-electron chi connectivity index (χ1n) is 13.6. The minimum absolute atomic E-state index is 0.00725. The number of hydrogen-bond acceptors (Lipinski definition) is 4. The molecular formula is C28H40FN3O4. The van der Waals surface area contributed by atoms with E-state index in [-0.39, 0.29) is 41.6 Å². The van der Waals surface area contributed by atoms with Gasteiger partial charge >= 0.3 is 6.03 Å². The Kier molecular flexibility index (Phi) is 7.27. The van der Waals surface area contributed by atoms with Crippen molar-refractivity contribution in [1.29, 1.82) is 0 Å². The summed E-state index contributed by atoms with van der Waals surface area (Å²) in [6.45, 7) is 3.72. The van der Waals surface area contributed by atoms with Gasteiger partial charge in [0.1, 0.15) is 5.82 Å². The Hall–Kier alpha value is -2.19. The molecule has 2 aliphatic heterocycles. The fraction of sp³-hybridized carbons (Fsp3) is 0.714. The molecule has 198 valence electrons. The number of nitrogens with zero attached hydrogens (tertiary/aromatic N) is 2. The molecule has 1 aromatic carbocycles. The van der Waals surface area contributed by atoms with E-state index in [0.717, 1.165) is 38.5 Å². The number of aliphatic hydroxyl groups is 1. The first-order chi connectivity index (χ1) is 17.4. The lowest BCUT2D eigenvalue weighted by Crippen LogP contribution is -2.63. The number of halogens is 1. The van der Waals surface area contributed by atoms with Crippen molar-refractivity contribution in [1.82, 2.24) is 9.80 Å². The molecular weight excluding hydrogens is 461 g/mol. The number of anilines is 1. The smallest absolute Gasteiger partial charge is 0.321 e. The molecule has 4 fully saturated rings. The van der Waals surface area contributed by atoms with E-state index in [1.54, 1.807) is 30.2 Å². The summed E-state index contributed by atoms with van der Waals surface area (Å²) in [5.41, 5.74) is 0.134. The molecule has 8 heteroatoms. The van der Waals surface area contributed by atoms with Crippen LogP contribution in [-0.2, 0) is 9.53 Å². The van der Waals surface area contributed by atoms with Gasteiger partial charge < -0.3 is 25.0 Å². The van der Waals surface area contributed by atoms with E-state index in [1.165, 1.54) is 6.07 Å². The summed E-state index contributed by atoms with van der Waals surface area (Å²) in [6, 6.07) is 5.83. The average Bonchev–Trinajstić information content (AvgIpc) is 3.29. The summed E-state index contributed by atoms with van der Waals surface area (Å²) in [7, 11) is 1.80. The molecule has 7 nitrogen and oxygen atoms in total. The summed E-state index contributed by atoms with van der Waals surface area (Å²) in [5.74, 6) is 1.52. The van der Waals surface area contributed by atoms with Crippen molar-refractivity contribution in [3.05, 3.63) is 30.1 Å². The number of amides is 3. The van der Waals surface area contributed by atoms with Gasteiger partial charge in [-0.15, -0.1) is 0 Å². The number of aliphatic hydroxyl groups excluding tert-OH is 1. The quantitative estimate of drug-likeness (QED) is 0.650. The van der Waals surface area contributed by atoms with E-state index in [0.29, 0.717) is 49.9 Å². The summed E-state index contributed by atoms with van der Waals surface area (Å²) >= 11 is 0. The lowest BCUT2D eigenvalue weighted by molar-refractivity contribution is -0.153. The van der Waals surface area contributed by atoms with Crippen LogP contribution in [-0.4, -0.2) is 72.3 Å². The number of nitrogens with one attached hydrogen (secondary N) is 1. The Morgan fingerprint density at radius 2 is 1.92 bits per heavy atom. The first kappa shape index (κ1) is 25.5. The Balaban J connectivity index is 1.37. The second-order valence-corrected chi connectivity index (χ2v) is 11.4. The lowest BCUT2D eigenvalue weighted by Gasteiger charge is -2.58. The Bertz CT molecular complexity index is 966. The number of urea groups is 1. The molecule has 6 atom stereocenters. The number of para-hydroxylation sites is 1. The number of methoxy groups -OCH3 is 1. The van der Waals surface area contributed by atoms with Gasteiger partial charge in [-0.1, -0.05) is 19.1 Å². The summed E-state index contributed by atoms with van der Waals surface area (Å²) in [5, 5.41) is 13.2. The molecule has 36 heavy (non-hydrogen) atoms. The molecule has 2 saturated carbocycles. The molecule has 4 aliphatic rings. The number of ether oxygens (including phenoxy) is 1. The molecule has 0 radical (unpaired) electrons. The molecule has 2 heterocycles. The number of likely N-dealkylation sites (tertiary alicyclic amines) is 2. The summed E-state index contributed by atoms with van der Waals surface area (Å²) in [4.78, 5) is 29.8. The van der Waals surface area contributed by atoms with Crippen LogP contribution >= 0.6 is 0 Å². The SMILES string of the molecule is CCC(=O)N1CC2(CCN(C(=O)Nc3ccccc3F)CC2)C2C3CCC(OC)CC3CC2[C@H]1CO. The number of fused-ring (bicyclic) bond motifs is 4. The minimum atomic E-state index is -0.443. The highest BCUT2D eigenvalue weighted by atomic mass is 19.1. The van der Waals surface area contributed by atoms with Crippen molar-refractivity contribution in [3.8, 4) is 0 Å². The van der Waals surface area contributed by atoms with Crippen LogP contribution in [0.25, 0.3) is 0 Å². The van der Waals surface area contributed by atoms with Crippen LogP contribution in [0.3, 0.4) is 0 Å². The fourth-order valence-corrected chi connectivity index (χ4v) is 8.23.